The van der Waals surface area contributed by atoms with E-state index in [-0.39, 0.29) is 0 Å². The Morgan fingerprint density at radius 3 is 2.80 bits per heavy atom. The highest BCUT2D eigenvalue weighted by Crippen LogP contribution is 2.19. The number of hydrogen-bond donors (Lipinski definition) is 2. The lowest BCUT2D eigenvalue weighted by molar-refractivity contribution is 0.200. The van der Waals surface area contributed by atoms with Crippen LogP contribution in [-0.2, 0) is 6.54 Å². The number of hydrogen-bond acceptors (Lipinski definition) is 2. The number of ether oxygens (including phenoxy) is 1. The maximum Gasteiger partial charge on any atom is 0.412 e. The van der Waals surface area contributed by atoms with Gasteiger partial charge in [-0.25, -0.2) is 4.79 Å². The molecule has 1 aromatic heterocycles. The Hall–Kier alpha value is -2.75. The third-order valence-electron chi connectivity index (χ3n) is 3.01. The molecule has 3 aromatic rings. The van der Waals surface area contributed by atoms with Crippen LogP contribution in [0.3, 0.4) is 0 Å². The van der Waals surface area contributed by atoms with Crippen molar-refractivity contribution in [2.75, 3.05) is 0 Å². The first-order chi connectivity index (χ1) is 9.81. The van der Waals surface area contributed by atoms with E-state index in [0.29, 0.717) is 12.3 Å². The second-order valence-corrected chi connectivity index (χ2v) is 4.46. The average Bonchev–Trinajstić information content (AvgIpc) is 2.94. The van der Waals surface area contributed by atoms with E-state index < -0.39 is 6.09 Å². The third-order valence-corrected chi connectivity index (χ3v) is 3.01. The van der Waals surface area contributed by atoms with Crippen LogP contribution in [0.4, 0.5) is 4.79 Å². The molecule has 0 radical (unpaired) electrons. The van der Waals surface area contributed by atoms with Gasteiger partial charge in [-0.15, -0.1) is 0 Å². The van der Waals surface area contributed by atoms with Gasteiger partial charge in [-0.1, -0.05) is 30.3 Å². The smallest absolute Gasteiger partial charge is 0.410 e. The normalized spacial score (nSPS) is 10.4. The molecule has 2 aromatic carbocycles. The Labute approximate surface area is 116 Å². The van der Waals surface area contributed by atoms with E-state index in [4.69, 9.17) is 4.74 Å². The van der Waals surface area contributed by atoms with Crippen molar-refractivity contribution in [2.45, 2.75) is 6.54 Å². The maximum absolute atomic E-state index is 11.7. The van der Waals surface area contributed by atoms with Gasteiger partial charge in [-0.3, -0.25) is 0 Å². The first kappa shape index (κ1) is 12.3. The summed E-state index contributed by atoms with van der Waals surface area (Å²) in [6.07, 6.45) is 1.40. The maximum atomic E-state index is 11.7. The fourth-order valence-electron chi connectivity index (χ4n) is 2.01. The van der Waals surface area contributed by atoms with Crippen LogP contribution < -0.4 is 10.1 Å². The molecule has 3 rings (SSSR count). The molecule has 0 saturated heterocycles. The monoisotopic (exact) mass is 266 g/mol. The number of aromatic amines is 1. The summed E-state index contributed by atoms with van der Waals surface area (Å²) in [5.74, 6) is 0.530. The van der Waals surface area contributed by atoms with Gasteiger partial charge in [0, 0.05) is 23.6 Å². The molecule has 1 amide bonds. The Morgan fingerprint density at radius 2 is 1.95 bits per heavy atom. The van der Waals surface area contributed by atoms with Crippen LogP contribution in [-0.4, -0.2) is 11.1 Å². The van der Waals surface area contributed by atoms with E-state index in [1.54, 1.807) is 6.07 Å². The second kappa shape index (κ2) is 5.48. The average molecular weight is 266 g/mol. The lowest BCUT2D eigenvalue weighted by Gasteiger charge is -2.06. The van der Waals surface area contributed by atoms with E-state index >= 15 is 0 Å². The van der Waals surface area contributed by atoms with Gasteiger partial charge in [0.1, 0.15) is 5.75 Å². The number of H-pyrrole nitrogens is 1. The molecule has 0 unspecified atom stereocenters. The first-order valence-corrected chi connectivity index (χ1v) is 6.38. The molecular formula is C16H14N2O2. The topological polar surface area (TPSA) is 54.1 Å². The minimum Gasteiger partial charge on any atom is -0.410 e. The summed E-state index contributed by atoms with van der Waals surface area (Å²) >= 11 is 0. The number of amides is 1. The second-order valence-electron chi connectivity index (χ2n) is 4.46. The first-order valence-electron chi connectivity index (χ1n) is 6.38. The van der Waals surface area contributed by atoms with E-state index in [1.807, 2.05) is 54.7 Å². The third kappa shape index (κ3) is 2.80. The Balaban J connectivity index is 1.61. The Bertz CT molecular complexity index is 719. The van der Waals surface area contributed by atoms with Crippen molar-refractivity contribution in [3.8, 4) is 5.75 Å². The van der Waals surface area contributed by atoms with Crippen molar-refractivity contribution in [2.24, 2.45) is 0 Å². The van der Waals surface area contributed by atoms with Crippen LogP contribution in [0.2, 0.25) is 0 Å². The number of rotatable bonds is 3. The molecule has 0 spiro atoms. The standard InChI is InChI=1S/C16H14N2O2/c19-16(18-11-12-4-2-1-3-5-12)20-14-6-7-15-13(10-14)8-9-17-15/h1-10,17H,11H2,(H,18,19). The van der Waals surface area contributed by atoms with Crippen LogP contribution in [0, 0.1) is 0 Å². The molecule has 20 heavy (non-hydrogen) atoms. The van der Waals surface area contributed by atoms with Gasteiger partial charge in [-0.05, 0) is 29.8 Å². The van der Waals surface area contributed by atoms with Crippen LogP contribution in [0.25, 0.3) is 10.9 Å². The zero-order chi connectivity index (χ0) is 13.8. The zero-order valence-electron chi connectivity index (χ0n) is 10.8. The minimum absolute atomic E-state index is 0.450. The summed E-state index contributed by atoms with van der Waals surface area (Å²) in [6, 6.07) is 17.1. The Kier molecular flexibility index (Phi) is 3.37. The highest BCUT2D eigenvalue weighted by Gasteiger charge is 2.05. The minimum atomic E-state index is -0.455. The molecule has 4 nitrogen and oxygen atoms in total. The molecule has 0 aliphatic heterocycles. The summed E-state index contributed by atoms with van der Waals surface area (Å²) in [4.78, 5) is 14.8. The van der Waals surface area contributed by atoms with Crippen LogP contribution in [0.5, 0.6) is 5.75 Å². The van der Waals surface area contributed by atoms with E-state index in [9.17, 15) is 4.79 Å². The lowest BCUT2D eigenvalue weighted by Crippen LogP contribution is -2.26. The van der Waals surface area contributed by atoms with Crippen molar-refractivity contribution >= 4 is 17.0 Å². The molecular weight excluding hydrogens is 252 g/mol. The van der Waals surface area contributed by atoms with Crippen molar-refractivity contribution < 1.29 is 9.53 Å². The van der Waals surface area contributed by atoms with Gasteiger partial charge in [0.25, 0.3) is 0 Å². The Morgan fingerprint density at radius 1 is 1.10 bits per heavy atom. The van der Waals surface area contributed by atoms with Gasteiger partial charge in [0.15, 0.2) is 0 Å². The van der Waals surface area contributed by atoms with Crippen molar-refractivity contribution in [1.29, 1.82) is 0 Å². The summed E-state index contributed by atoms with van der Waals surface area (Å²) in [5, 5.41) is 3.73. The van der Waals surface area contributed by atoms with Gasteiger partial charge < -0.3 is 15.0 Å². The number of carbonyl (C=O) groups excluding carboxylic acids is 1. The molecule has 0 atom stereocenters. The molecule has 0 aliphatic carbocycles. The van der Waals surface area contributed by atoms with Crippen molar-refractivity contribution in [3.63, 3.8) is 0 Å². The summed E-state index contributed by atoms with van der Waals surface area (Å²) in [7, 11) is 0. The molecule has 0 saturated carbocycles. The predicted molar refractivity (Wildman–Crippen MR) is 77.6 cm³/mol. The molecule has 1 heterocycles. The van der Waals surface area contributed by atoms with Crippen LogP contribution in [0.15, 0.2) is 60.8 Å². The summed E-state index contributed by atoms with van der Waals surface area (Å²) in [5.41, 5.74) is 2.05. The molecule has 0 aliphatic rings. The van der Waals surface area contributed by atoms with Crippen LogP contribution in [0.1, 0.15) is 5.56 Å². The molecule has 0 bridgehead atoms. The van der Waals surface area contributed by atoms with Gasteiger partial charge in [0.2, 0.25) is 0 Å². The van der Waals surface area contributed by atoms with Crippen molar-refractivity contribution in [1.82, 2.24) is 10.3 Å². The number of nitrogens with one attached hydrogen (secondary N) is 2. The number of carbonyl (C=O) groups is 1. The van der Waals surface area contributed by atoms with Crippen molar-refractivity contribution in [3.05, 3.63) is 66.4 Å². The highest BCUT2D eigenvalue weighted by atomic mass is 16.6. The fraction of sp³-hybridized carbons (Fsp3) is 0.0625. The zero-order valence-corrected chi connectivity index (χ0v) is 10.8. The van der Waals surface area contributed by atoms with Gasteiger partial charge >= 0.3 is 6.09 Å². The largest absolute Gasteiger partial charge is 0.412 e. The number of benzene rings is 2. The van der Waals surface area contributed by atoms with Gasteiger partial charge in [0.05, 0.1) is 0 Å². The predicted octanol–water partition coefficient (Wildman–Crippen LogP) is 3.46. The van der Waals surface area contributed by atoms with E-state index in [1.165, 1.54) is 0 Å². The fourth-order valence-corrected chi connectivity index (χ4v) is 2.01. The van der Waals surface area contributed by atoms with Crippen LogP contribution >= 0.6 is 0 Å². The highest BCUT2D eigenvalue weighted by molar-refractivity contribution is 5.82. The SMILES string of the molecule is O=C(NCc1ccccc1)Oc1ccc2[nH]ccc2c1. The quantitative estimate of drug-likeness (QED) is 0.762. The van der Waals surface area contributed by atoms with E-state index in [0.717, 1.165) is 16.5 Å². The van der Waals surface area contributed by atoms with Gasteiger partial charge in [-0.2, -0.15) is 0 Å². The molecule has 0 fully saturated rings. The summed E-state index contributed by atoms with van der Waals surface area (Å²) < 4.78 is 5.25. The number of aromatic nitrogens is 1. The summed E-state index contributed by atoms with van der Waals surface area (Å²) in [6.45, 7) is 0.450. The molecule has 2 N–H and O–H groups in total. The molecule has 100 valence electrons. The molecule has 4 heteroatoms. The number of fused-ring (bicyclic) bond motifs is 1. The lowest BCUT2D eigenvalue weighted by atomic mass is 10.2. The van der Waals surface area contributed by atoms with E-state index in [2.05, 4.69) is 10.3 Å².